The zero-order valence-corrected chi connectivity index (χ0v) is 10.4. The van der Waals surface area contributed by atoms with Crippen LogP contribution in [0.25, 0.3) is 0 Å². The van der Waals surface area contributed by atoms with Crippen LogP contribution in [0.2, 0.25) is 0 Å². The highest BCUT2D eigenvalue weighted by Crippen LogP contribution is 2.16. The first-order chi connectivity index (χ1) is 7.27. The maximum absolute atomic E-state index is 5.28. The van der Waals surface area contributed by atoms with Gasteiger partial charge in [-0.3, -0.25) is 0 Å². The highest BCUT2D eigenvalue weighted by Gasteiger charge is 2.02. The average molecular weight is 225 g/mol. The fourth-order valence-electron chi connectivity index (χ4n) is 1.34. The van der Waals surface area contributed by atoms with Crippen LogP contribution in [0.3, 0.4) is 0 Å². The fraction of sp³-hybridized carbons (Fsp3) is 0.500. The normalized spacial score (nSPS) is 12.5. The van der Waals surface area contributed by atoms with E-state index >= 15 is 0 Å². The molecule has 3 heteroatoms. The molecule has 0 aliphatic heterocycles. The number of hydrogen-bond acceptors (Lipinski definition) is 3. The predicted molar refractivity (Wildman–Crippen MR) is 67.7 cm³/mol. The molecule has 1 atom stereocenters. The van der Waals surface area contributed by atoms with Crippen LogP contribution in [0.1, 0.15) is 12.5 Å². The number of ether oxygens (including phenoxy) is 1. The van der Waals surface area contributed by atoms with Gasteiger partial charge in [-0.15, -0.1) is 0 Å². The molecular weight excluding hydrogens is 206 g/mol. The molecule has 0 bridgehead atoms. The van der Waals surface area contributed by atoms with Gasteiger partial charge in [-0.1, -0.05) is 25.1 Å². The molecule has 2 nitrogen and oxygen atoms in total. The van der Waals surface area contributed by atoms with Crippen molar-refractivity contribution < 1.29 is 4.74 Å². The predicted octanol–water partition coefficient (Wildman–Crippen LogP) is 2.54. The lowest BCUT2D eigenvalue weighted by molar-refractivity contribution is 0.408. The summed E-state index contributed by atoms with van der Waals surface area (Å²) in [4.78, 5) is 0. The van der Waals surface area contributed by atoms with E-state index in [2.05, 4.69) is 24.6 Å². The molecule has 0 saturated carbocycles. The molecule has 0 aliphatic rings. The molecular formula is C12H19NOS. The largest absolute Gasteiger partial charge is 0.496 e. The molecule has 1 unspecified atom stereocenters. The van der Waals surface area contributed by atoms with E-state index in [1.165, 1.54) is 5.56 Å². The number of nitrogens with one attached hydrogen (secondary N) is 1. The molecule has 0 spiro atoms. The van der Waals surface area contributed by atoms with Crippen molar-refractivity contribution >= 4 is 11.8 Å². The Morgan fingerprint density at radius 2 is 2.13 bits per heavy atom. The van der Waals surface area contributed by atoms with Crippen LogP contribution in [0, 0.1) is 0 Å². The molecule has 0 amide bonds. The molecule has 0 saturated heterocycles. The molecule has 1 rings (SSSR count). The Balaban J connectivity index is 2.43. The van der Waals surface area contributed by atoms with Crippen molar-refractivity contribution in [3.8, 4) is 5.75 Å². The van der Waals surface area contributed by atoms with E-state index in [1.807, 2.05) is 30.0 Å². The number of benzene rings is 1. The maximum atomic E-state index is 5.28. The van der Waals surface area contributed by atoms with Gasteiger partial charge < -0.3 is 10.1 Å². The SMILES string of the molecule is COc1ccccc1CNCC(C)SC. The lowest BCUT2D eigenvalue weighted by Gasteiger charge is -2.11. The van der Waals surface area contributed by atoms with Gasteiger partial charge in [0, 0.05) is 23.9 Å². The van der Waals surface area contributed by atoms with Crippen molar-refractivity contribution in [3.63, 3.8) is 0 Å². The molecule has 0 aromatic heterocycles. The third kappa shape index (κ3) is 4.14. The van der Waals surface area contributed by atoms with Gasteiger partial charge in [0.1, 0.15) is 5.75 Å². The second-order valence-corrected chi connectivity index (χ2v) is 4.77. The third-order valence-corrected chi connectivity index (χ3v) is 3.31. The summed E-state index contributed by atoms with van der Waals surface area (Å²) in [6.45, 7) is 4.12. The van der Waals surface area contributed by atoms with Crippen molar-refractivity contribution in [2.45, 2.75) is 18.7 Å². The van der Waals surface area contributed by atoms with E-state index in [9.17, 15) is 0 Å². The highest BCUT2D eigenvalue weighted by molar-refractivity contribution is 7.99. The minimum Gasteiger partial charge on any atom is -0.496 e. The summed E-state index contributed by atoms with van der Waals surface area (Å²) in [5.74, 6) is 0.960. The average Bonchev–Trinajstić information content (AvgIpc) is 2.29. The number of methoxy groups -OCH3 is 1. The summed E-state index contributed by atoms with van der Waals surface area (Å²) >= 11 is 1.88. The van der Waals surface area contributed by atoms with Crippen LogP contribution >= 0.6 is 11.8 Å². The molecule has 0 aliphatic carbocycles. The third-order valence-electron chi connectivity index (χ3n) is 2.34. The van der Waals surface area contributed by atoms with E-state index in [0.717, 1.165) is 18.8 Å². The molecule has 0 fully saturated rings. The van der Waals surface area contributed by atoms with Gasteiger partial charge >= 0.3 is 0 Å². The van der Waals surface area contributed by atoms with Crippen molar-refractivity contribution in [2.75, 3.05) is 19.9 Å². The van der Waals surface area contributed by atoms with Crippen molar-refractivity contribution in [3.05, 3.63) is 29.8 Å². The minimum atomic E-state index is 0.653. The van der Waals surface area contributed by atoms with Gasteiger partial charge in [-0.05, 0) is 12.3 Å². The number of rotatable bonds is 6. The molecule has 15 heavy (non-hydrogen) atoms. The van der Waals surface area contributed by atoms with Gasteiger partial charge in [-0.25, -0.2) is 0 Å². The quantitative estimate of drug-likeness (QED) is 0.804. The van der Waals surface area contributed by atoms with E-state index in [4.69, 9.17) is 4.74 Å². The fourth-order valence-corrected chi connectivity index (χ4v) is 1.63. The van der Waals surface area contributed by atoms with Crippen LogP contribution < -0.4 is 10.1 Å². The van der Waals surface area contributed by atoms with E-state index in [1.54, 1.807) is 7.11 Å². The number of para-hydroxylation sites is 1. The lowest BCUT2D eigenvalue weighted by atomic mass is 10.2. The first-order valence-corrected chi connectivity index (χ1v) is 6.42. The standard InChI is InChI=1S/C12H19NOS/c1-10(15-3)8-13-9-11-6-4-5-7-12(11)14-2/h4-7,10,13H,8-9H2,1-3H3. The Bertz CT molecular complexity index is 291. The van der Waals surface area contributed by atoms with Crippen LogP contribution in [0.4, 0.5) is 0 Å². The minimum absolute atomic E-state index is 0.653. The van der Waals surface area contributed by atoms with E-state index in [-0.39, 0.29) is 0 Å². The van der Waals surface area contributed by atoms with Gasteiger partial charge in [0.2, 0.25) is 0 Å². The molecule has 0 heterocycles. The summed E-state index contributed by atoms with van der Waals surface area (Å²) in [5.41, 5.74) is 1.22. The van der Waals surface area contributed by atoms with Gasteiger partial charge in [0.25, 0.3) is 0 Å². The van der Waals surface area contributed by atoms with Gasteiger partial charge in [0.05, 0.1) is 7.11 Å². The summed E-state index contributed by atoms with van der Waals surface area (Å²) in [6.07, 6.45) is 2.13. The topological polar surface area (TPSA) is 21.3 Å². The zero-order chi connectivity index (χ0) is 11.1. The summed E-state index contributed by atoms with van der Waals surface area (Å²) in [6, 6.07) is 8.12. The molecule has 0 radical (unpaired) electrons. The van der Waals surface area contributed by atoms with Crippen LogP contribution in [0.15, 0.2) is 24.3 Å². The second kappa shape index (κ2) is 6.75. The van der Waals surface area contributed by atoms with Crippen molar-refractivity contribution in [1.82, 2.24) is 5.32 Å². The highest BCUT2D eigenvalue weighted by atomic mass is 32.2. The Hall–Kier alpha value is -0.670. The molecule has 1 aromatic rings. The first-order valence-electron chi connectivity index (χ1n) is 5.13. The van der Waals surface area contributed by atoms with Crippen molar-refractivity contribution in [1.29, 1.82) is 0 Å². The molecule has 1 aromatic carbocycles. The molecule has 84 valence electrons. The first kappa shape index (κ1) is 12.4. The second-order valence-electron chi connectivity index (χ2n) is 3.49. The van der Waals surface area contributed by atoms with Crippen LogP contribution in [-0.4, -0.2) is 25.2 Å². The van der Waals surface area contributed by atoms with Crippen LogP contribution in [0.5, 0.6) is 5.75 Å². The number of thioether (sulfide) groups is 1. The summed E-state index contributed by atoms with van der Waals surface area (Å²) < 4.78 is 5.28. The number of hydrogen-bond donors (Lipinski definition) is 1. The van der Waals surface area contributed by atoms with Gasteiger partial charge in [-0.2, -0.15) is 11.8 Å². The van der Waals surface area contributed by atoms with Gasteiger partial charge in [0.15, 0.2) is 0 Å². The Kier molecular flexibility index (Phi) is 5.58. The summed E-state index contributed by atoms with van der Waals surface area (Å²) in [7, 11) is 1.71. The van der Waals surface area contributed by atoms with E-state index in [0.29, 0.717) is 5.25 Å². The Labute approximate surface area is 96.4 Å². The van der Waals surface area contributed by atoms with E-state index < -0.39 is 0 Å². The lowest BCUT2D eigenvalue weighted by Crippen LogP contribution is -2.22. The Morgan fingerprint density at radius 1 is 1.40 bits per heavy atom. The zero-order valence-electron chi connectivity index (χ0n) is 9.62. The maximum Gasteiger partial charge on any atom is 0.123 e. The molecule has 1 N–H and O–H groups in total. The monoisotopic (exact) mass is 225 g/mol. The Morgan fingerprint density at radius 3 is 2.80 bits per heavy atom. The van der Waals surface area contributed by atoms with Crippen molar-refractivity contribution in [2.24, 2.45) is 0 Å². The summed E-state index contributed by atoms with van der Waals surface area (Å²) in [5, 5.41) is 4.08. The van der Waals surface area contributed by atoms with Crippen LogP contribution in [-0.2, 0) is 6.54 Å². The smallest absolute Gasteiger partial charge is 0.123 e.